The zero-order valence-corrected chi connectivity index (χ0v) is 11.3. The van der Waals surface area contributed by atoms with E-state index in [4.69, 9.17) is 0 Å². The van der Waals surface area contributed by atoms with E-state index in [1.54, 1.807) is 6.92 Å². The Morgan fingerprint density at radius 1 is 1.22 bits per heavy atom. The van der Waals surface area contributed by atoms with E-state index in [1.807, 2.05) is 11.0 Å². The van der Waals surface area contributed by atoms with Crippen molar-refractivity contribution in [2.75, 3.05) is 33.2 Å². The summed E-state index contributed by atoms with van der Waals surface area (Å²) < 4.78 is 0. The number of Topliss-reactive ketones (excluding diaryl/α,β-unsaturated/α-hetero) is 1. The Kier molecular flexibility index (Phi) is 4.17. The fourth-order valence-corrected chi connectivity index (χ4v) is 2.70. The molecule has 2 heterocycles. The van der Waals surface area contributed by atoms with E-state index in [0.717, 1.165) is 31.5 Å². The molecule has 18 heavy (non-hydrogen) atoms. The van der Waals surface area contributed by atoms with Crippen molar-refractivity contribution in [3.05, 3.63) is 11.6 Å². The summed E-state index contributed by atoms with van der Waals surface area (Å²) in [6.45, 7) is 4.94. The molecule has 0 N–H and O–H groups in total. The second kappa shape index (κ2) is 5.65. The largest absolute Gasteiger partial charge is 0.338 e. The third-order valence-corrected chi connectivity index (χ3v) is 4.04. The monoisotopic (exact) mass is 250 g/mol. The van der Waals surface area contributed by atoms with Crippen LogP contribution in [0.25, 0.3) is 0 Å². The number of ketones is 1. The molecule has 0 bridgehead atoms. The molecule has 0 aliphatic carbocycles. The van der Waals surface area contributed by atoms with E-state index >= 15 is 0 Å². The number of piperidine rings is 1. The smallest absolute Gasteiger partial charge is 0.226 e. The number of nitrogens with zero attached hydrogens (tertiary/aromatic N) is 2. The molecule has 0 unspecified atom stereocenters. The summed E-state index contributed by atoms with van der Waals surface area (Å²) in [5.74, 6) is 0.608. The Bertz CT molecular complexity index is 368. The maximum Gasteiger partial charge on any atom is 0.226 e. The maximum absolute atomic E-state index is 12.3. The van der Waals surface area contributed by atoms with Gasteiger partial charge in [0, 0.05) is 19.0 Å². The van der Waals surface area contributed by atoms with Gasteiger partial charge in [-0.25, -0.2) is 0 Å². The number of hydrogen-bond donors (Lipinski definition) is 0. The fraction of sp³-hybridized carbons (Fsp3) is 0.714. The van der Waals surface area contributed by atoms with Crippen LogP contribution in [0.1, 0.15) is 26.2 Å². The quantitative estimate of drug-likeness (QED) is 0.736. The summed E-state index contributed by atoms with van der Waals surface area (Å²) in [6, 6.07) is 0. The Hall–Kier alpha value is -1.16. The van der Waals surface area contributed by atoms with E-state index in [0.29, 0.717) is 19.5 Å². The molecule has 2 aliphatic heterocycles. The minimum absolute atomic E-state index is 0.140. The summed E-state index contributed by atoms with van der Waals surface area (Å²) >= 11 is 0. The van der Waals surface area contributed by atoms with Crippen LogP contribution in [0.5, 0.6) is 0 Å². The van der Waals surface area contributed by atoms with Gasteiger partial charge in [0.25, 0.3) is 0 Å². The molecule has 0 spiro atoms. The van der Waals surface area contributed by atoms with E-state index in [-0.39, 0.29) is 17.6 Å². The summed E-state index contributed by atoms with van der Waals surface area (Å²) in [7, 11) is 2.10. The first-order valence-electron chi connectivity index (χ1n) is 6.75. The molecule has 4 nitrogen and oxygen atoms in total. The highest BCUT2D eigenvalue weighted by atomic mass is 16.2. The minimum atomic E-state index is 0.140. The van der Waals surface area contributed by atoms with Crippen LogP contribution < -0.4 is 0 Å². The van der Waals surface area contributed by atoms with Crippen LogP contribution in [-0.4, -0.2) is 54.7 Å². The molecule has 1 saturated heterocycles. The molecule has 0 aromatic carbocycles. The van der Waals surface area contributed by atoms with E-state index in [1.165, 1.54) is 0 Å². The van der Waals surface area contributed by atoms with Crippen molar-refractivity contribution in [3.8, 4) is 0 Å². The Morgan fingerprint density at radius 2 is 1.89 bits per heavy atom. The molecule has 4 heteroatoms. The first-order chi connectivity index (χ1) is 8.58. The highest BCUT2D eigenvalue weighted by Crippen LogP contribution is 2.21. The summed E-state index contributed by atoms with van der Waals surface area (Å²) in [5, 5.41) is 0. The van der Waals surface area contributed by atoms with Crippen LogP contribution in [0.4, 0.5) is 0 Å². The average Bonchev–Trinajstić information content (AvgIpc) is 2.39. The van der Waals surface area contributed by atoms with Gasteiger partial charge >= 0.3 is 0 Å². The van der Waals surface area contributed by atoms with Gasteiger partial charge in [-0.05, 0) is 51.9 Å². The number of hydrogen-bond acceptors (Lipinski definition) is 3. The Labute approximate surface area is 109 Å². The molecule has 1 fully saturated rings. The first-order valence-corrected chi connectivity index (χ1v) is 6.75. The summed E-state index contributed by atoms with van der Waals surface area (Å²) in [5.41, 5.74) is 0.877. The van der Waals surface area contributed by atoms with Gasteiger partial charge in [-0.1, -0.05) is 6.08 Å². The highest BCUT2D eigenvalue weighted by molar-refractivity contribution is 5.93. The second-order valence-corrected chi connectivity index (χ2v) is 5.40. The maximum atomic E-state index is 12.3. The molecular formula is C14H22N2O2. The van der Waals surface area contributed by atoms with Crippen LogP contribution in [0.2, 0.25) is 0 Å². The van der Waals surface area contributed by atoms with Crippen molar-refractivity contribution in [3.63, 3.8) is 0 Å². The zero-order valence-electron chi connectivity index (χ0n) is 11.3. The van der Waals surface area contributed by atoms with Crippen LogP contribution >= 0.6 is 0 Å². The Balaban J connectivity index is 1.89. The van der Waals surface area contributed by atoms with Gasteiger partial charge in [0.05, 0.1) is 0 Å². The third-order valence-electron chi connectivity index (χ3n) is 4.04. The van der Waals surface area contributed by atoms with E-state index in [9.17, 15) is 9.59 Å². The van der Waals surface area contributed by atoms with Crippen molar-refractivity contribution in [1.29, 1.82) is 0 Å². The topological polar surface area (TPSA) is 40.6 Å². The van der Waals surface area contributed by atoms with Crippen molar-refractivity contribution >= 4 is 11.7 Å². The third kappa shape index (κ3) is 2.99. The second-order valence-electron chi connectivity index (χ2n) is 5.40. The van der Waals surface area contributed by atoms with Gasteiger partial charge in [0.1, 0.15) is 0 Å². The van der Waals surface area contributed by atoms with Crippen molar-refractivity contribution in [2.45, 2.75) is 26.2 Å². The molecule has 2 rings (SSSR count). The highest BCUT2D eigenvalue weighted by Gasteiger charge is 2.28. The lowest BCUT2D eigenvalue weighted by atomic mass is 9.94. The lowest BCUT2D eigenvalue weighted by molar-refractivity contribution is -0.136. The summed E-state index contributed by atoms with van der Waals surface area (Å²) in [4.78, 5) is 27.7. The van der Waals surface area contributed by atoms with Gasteiger partial charge in [0.2, 0.25) is 5.91 Å². The number of likely N-dealkylation sites (tertiary alicyclic amines) is 1. The van der Waals surface area contributed by atoms with Crippen LogP contribution in [0.3, 0.4) is 0 Å². The lowest BCUT2D eigenvalue weighted by Crippen LogP contribution is -2.43. The minimum Gasteiger partial charge on any atom is -0.338 e. The Morgan fingerprint density at radius 3 is 2.39 bits per heavy atom. The number of rotatable bonds is 2. The van der Waals surface area contributed by atoms with Crippen molar-refractivity contribution < 1.29 is 9.59 Å². The normalized spacial score (nSPS) is 22.8. The standard InChI is InChI=1S/C14H22N2O2/c1-11(17)12-5-9-16(10-6-12)14(18)13-3-7-15(2)8-4-13/h5,13H,3-4,6-10H2,1-2H3. The average molecular weight is 250 g/mol. The van der Waals surface area contributed by atoms with Gasteiger partial charge in [0.15, 0.2) is 5.78 Å². The van der Waals surface area contributed by atoms with Gasteiger partial charge < -0.3 is 9.80 Å². The molecule has 0 saturated carbocycles. The molecule has 0 aromatic rings. The van der Waals surface area contributed by atoms with Gasteiger partial charge in [-0.3, -0.25) is 9.59 Å². The zero-order chi connectivity index (χ0) is 13.1. The predicted octanol–water partition coefficient (Wildman–Crippen LogP) is 1.08. The van der Waals surface area contributed by atoms with E-state index < -0.39 is 0 Å². The molecule has 2 aliphatic rings. The van der Waals surface area contributed by atoms with E-state index in [2.05, 4.69) is 11.9 Å². The number of carbonyl (C=O) groups is 2. The molecule has 0 radical (unpaired) electrons. The number of carbonyl (C=O) groups excluding carboxylic acids is 2. The van der Waals surface area contributed by atoms with Gasteiger partial charge in [-0.2, -0.15) is 0 Å². The molecule has 100 valence electrons. The molecular weight excluding hydrogens is 228 g/mol. The van der Waals surface area contributed by atoms with Gasteiger partial charge in [-0.15, -0.1) is 0 Å². The lowest BCUT2D eigenvalue weighted by Gasteiger charge is -2.33. The summed E-state index contributed by atoms with van der Waals surface area (Å²) in [6.07, 6.45) is 4.57. The predicted molar refractivity (Wildman–Crippen MR) is 70.2 cm³/mol. The van der Waals surface area contributed by atoms with Crippen LogP contribution in [0.15, 0.2) is 11.6 Å². The SMILES string of the molecule is CC(=O)C1=CCN(C(=O)C2CCN(C)CC2)CC1. The van der Waals surface area contributed by atoms with Crippen LogP contribution in [-0.2, 0) is 9.59 Å². The molecule has 1 amide bonds. The first kappa shape index (κ1) is 13.3. The molecule has 0 atom stereocenters. The number of amides is 1. The fourth-order valence-electron chi connectivity index (χ4n) is 2.70. The van der Waals surface area contributed by atoms with Crippen molar-refractivity contribution in [1.82, 2.24) is 9.80 Å². The molecule has 0 aromatic heterocycles. The van der Waals surface area contributed by atoms with Crippen molar-refractivity contribution in [2.24, 2.45) is 5.92 Å². The van der Waals surface area contributed by atoms with Crippen LogP contribution in [0, 0.1) is 5.92 Å².